The Bertz CT molecular complexity index is 1100. The van der Waals surface area contributed by atoms with E-state index in [1.54, 1.807) is 31.3 Å². The van der Waals surface area contributed by atoms with Crippen molar-refractivity contribution in [3.63, 3.8) is 0 Å². The SMILES string of the molecule is COc1ccc(OCC(=O)N(CCCN2CCOCC2)c2nc3c(OC)ccc(C)c3s2)cc1. The largest absolute Gasteiger partial charge is 0.497 e. The van der Waals surface area contributed by atoms with Gasteiger partial charge in [0.1, 0.15) is 22.8 Å². The molecule has 0 aliphatic carbocycles. The molecule has 34 heavy (non-hydrogen) atoms. The zero-order valence-electron chi connectivity index (χ0n) is 19.9. The summed E-state index contributed by atoms with van der Waals surface area (Å²) in [6.45, 7) is 6.79. The molecule has 0 saturated carbocycles. The van der Waals surface area contributed by atoms with Crippen LogP contribution in [0.1, 0.15) is 12.0 Å². The number of hydrogen-bond donors (Lipinski definition) is 0. The molecule has 1 aromatic heterocycles. The van der Waals surface area contributed by atoms with E-state index in [2.05, 4.69) is 4.90 Å². The summed E-state index contributed by atoms with van der Waals surface area (Å²) in [6, 6.07) is 11.1. The van der Waals surface area contributed by atoms with Crippen LogP contribution in [-0.4, -0.2) is 76.0 Å². The number of fused-ring (bicyclic) bond motifs is 1. The van der Waals surface area contributed by atoms with E-state index in [1.165, 1.54) is 11.3 Å². The molecule has 9 heteroatoms. The van der Waals surface area contributed by atoms with Crippen LogP contribution in [0.2, 0.25) is 0 Å². The third kappa shape index (κ3) is 5.78. The quantitative estimate of drug-likeness (QED) is 0.433. The van der Waals surface area contributed by atoms with Gasteiger partial charge in [0, 0.05) is 26.2 Å². The molecule has 0 atom stereocenters. The van der Waals surface area contributed by atoms with Gasteiger partial charge in [0.2, 0.25) is 0 Å². The molecule has 2 heterocycles. The molecule has 2 aromatic carbocycles. The van der Waals surface area contributed by atoms with Crippen LogP contribution in [0.5, 0.6) is 17.2 Å². The molecule has 182 valence electrons. The molecule has 4 rings (SSSR count). The Balaban J connectivity index is 1.51. The van der Waals surface area contributed by atoms with Gasteiger partial charge >= 0.3 is 0 Å². The van der Waals surface area contributed by atoms with Crippen LogP contribution in [0.25, 0.3) is 10.2 Å². The van der Waals surface area contributed by atoms with Gasteiger partial charge in [-0.25, -0.2) is 4.98 Å². The number of aryl methyl sites for hydroxylation is 1. The number of morpholine rings is 1. The average molecular weight is 486 g/mol. The van der Waals surface area contributed by atoms with Gasteiger partial charge in [0.05, 0.1) is 32.1 Å². The standard InChI is InChI=1S/C25H31N3O5S/c1-18-5-10-21(31-3)23-24(18)34-25(26-23)28(12-4-11-27-13-15-32-16-14-27)22(29)17-33-20-8-6-19(30-2)7-9-20/h5-10H,4,11-17H2,1-3H3. The summed E-state index contributed by atoms with van der Waals surface area (Å²) in [7, 11) is 3.25. The average Bonchev–Trinajstić information content (AvgIpc) is 3.32. The number of carbonyl (C=O) groups excluding carboxylic acids is 1. The van der Waals surface area contributed by atoms with Crippen molar-refractivity contribution in [2.45, 2.75) is 13.3 Å². The van der Waals surface area contributed by atoms with Crippen molar-refractivity contribution < 1.29 is 23.7 Å². The van der Waals surface area contributed by atoms with Crippen molar-refractivity contribution in [2.75, 3.05) is 65.1 Å². The van der Waals surface area contributed by atoms with E-state index >= 15 is 0 Å². The van der Waals surface area contributed by atoms with Crippen molar-refractivity contribution in [1.29, 1.82) is 0 Å². The maximum atomic E-state index is 13.3. The first kappa shape index (κ1) is 24.3. The van der Waals surface area contributed by atoms with Gasteiger partial charge in [0.15, 0.2) is 11.7 Å². The number of ether oxygens (including phenoxy) is 4. The van der Waals surface area contributed by atoms with Crippen molar-refractivity contribution in [2.24, 2.45) is 0 Å². The molecule has 0 N–H and O–H groups in total. The maximum absolute atomic E-state index is 13.3. The molecule has 3 aromatic rings. The molecule has 0 unspecified atom stereocenters. The first-order valence-electron chi connectivity index (χ1n) is 11.4. The third-order valence-electron chi connectivity index (χ3n) is 5.83. The summed E-state index contributed by atoms with van der Waals surface area (Å²) >= 11 is 1.51. The predicted molar refractivity (Wildman–Crippen MR) is 134 cm³/mol. The van der Waals surface area contributed by atoms with Gasteiger partial charge in [0.25, 0.3) is 5.91 Å². The molecular formula is C25H31N3O5S. The van der Waals surface area contributed by atoms with Gasteiger partial charge in [-0.05, 0) is 49.2 Å². The fraction of sp³-hybridized carbons (Fsp3) is 0.440. The van der Waals surface area contributed by atoms with E-state index in [4.69, 9.17) is 23.9 Å². The van der Waals surface area contributed by atoms with Crippen LogP contribution < -0.4 is 19.1 Å². The number of carbonyl (C=O) groups is 1. The second kappa shape index (κ2) is 11.5. The predicted octanol–water partition coefficient (Wildman–Crippen LogP) is 3.76. The monoisotopic (exact) mass is 485 g/mol. The normalized spacial score (nSPS) is 14.2. The van der Waals surface area contributed by atoms with Crippen LogP contribution in [0.15, 0.2) is 36.4 Å². The molecule has 1 aliphatic rings. The molecule has 1 fully saturated rings. The molecule has 1 aliphatic heterocycles. The number of methoxy groups -OCH3 is 2. The highest BCUT2D eigenvalue weighted by Crippen LogP contribution is 2.36. The zero-order chi connectivity index (χ0) is 23.9. The van der Waals surface area contributed by atoms with Crippen LogP contribution in [0.4, 0.5) is 5.13 Å². The highest BCUT2D eigenvalue weighted by Gasteiger charge is 2.22. The molecule has 0 bridgehead atoms. The van der Waals surface area contributed by atoms with Gasteiger partial charge in [-0.3, -0.25) is 14.6 Å². The van der Waals surface area contributed by atoms with Crippen molar-refractivity contribution in [1.82, 2.24) is 9.88 Å². The second-order valence-corrected chi connectivity index (χ2v) is 9.05. The first-order chi connectivity index (χ1) is 16.6. The number of nitrogens with zero attached hydrogens (tertiary/aromatic N) is 3. The molecule has 0 spiro atoms. The Morgan fingerprint density at radius 3 is 2.53 bits per heavy atom. The van der Waals surface area contributed by atoms with Gasteiger partial charge in [-0.15, -0.1) is 0 Å². The molecule has 1 amide bonds. The Labute approximate surface area is 204 Å². The number of benzene rings is 2. The minimum Gasteiger partial charge on any atom is -0.497 e. The molecule has 1 saturated heterocycles. The van der Waals surface area contributed by atoms with Crippen molar-refractivity contribution in [3.8, 4) is 17.2 Å². The van der Waals surface area contributed by atoms with Gasteiger partial charge in [-0.1, -0.05) is 17.4 Å². The van der Waals surface area contributed by atoms with Crippen LogP contribution in [-0.2, 0) is 9.53 Å². The third-order valence-corrected chi connectivity index (χ3v) is 7.04. The fourth-order valence-electron chi connectivity index (χ4n) is 3.88. The summed E-state index contributed by atoms with van der Waals surface area (Å²) in [5, 5.41) is 0.660. The van der Waals surface area contributed by atoms with E-state index in [0.29, 0.717) is 23.2 Å². The summed E-state index contributed by atoms with van der Waals surface area (Å²) in [4.78, 5) is 22.2. The Morgan fingerprint density at radius 2 is 1.82 bits per heavy atom. The Morgan fingerprint density at radius 1 is 1.09 bits per heavy atom. The van der Waals surface area contributed by atoms with E-state index in [-0.39, 0.29) is 12.5 Å². The Kier molecular flexibility index (Phi) is 8.21. The number of hydrogen-bond acceptors (Lipinski definition) is 8. The number of anilines is 1. The fourth-order valence-corrected chi connectivity index (χ4v) is 4.97. The van der Waals surface area contributed by atoms with E-state index < -0.39 is 0 Å². The minimum atomic E-state index is -0.131. The lowest BCUT2D eigenvalue weighted by atomic mass is 10.2. The number of rotatable bonds is 10. The molecular weight excluding hydrogens is 454 g/mol. The minimum absolute atomic E-state index is 0.0735. The highest BCUT2D eigenvalue weighted by atomic mass is 32.1. The lowest BCUT2D eigenvalue weighted by molar-refractivity contribution is -0.120. The van der Waals surface area contributed by atoms with Crippen LogP contribution in [0, 0.1) is 6.92 Å². The first-order valence-corrected chi connectivity index (χ1v) is 12.2. The number of thiazole rings is 1. The van der Waals surface area contributed by atoms with Gasteiger partial charge in [-0.2, -0.15) is 0 Å². The summed E-state index contributed by atoms with van der Waals surface area (Å²) in [6.07, 6.45) is 0.834. The number of amides is 1. The molecule has 8 nitrogen and oxygen atoms in total. The lowest BCUT2D eigenvalue weighted by Gasteiger charge is -2.27. The maximum Gasteiger partial charge on any atom is 0.266 e. The lowest BCUT2D eigenvalue weighted by Crippen LogP contribution is -2.40. The van der Waals surface area contributed by atoms with Gasteiger partial charge < -0.3 is 18.9 Å². The summed E-state index contributed by atoms with van der Waals surface area (Å²) in [5.41, 5.74) is 1.89. The number of aromatic nitrogens is 1. The van der Waals surface area contributed by atoms with E-state index in [0.717, 1.165) is 60.8 Å². The van der Waals surface area contributed by atoms with Crippen LogP contribution >= 0.6 is 11.3 Å². The van der Waals surface area contributed by atoms with Crippen molar-refractivity contribution in [3.05, 3.63) is 42.0 Å². The summed E-state index contributed by atoms with van der Waals surface area (Å²) in [5.74, 6) is 1.93. The summed E-state index contributed by atoms with van der Waals surface area (Å²) < 4.78 is 22.9. The second-order valence-electron chi connectivity index (χ2n) is 8.08. The van der Waals surface area contributed by atoms with Crippen LogP contribution in [0.3, 0.4) is 0 Å². The van der Waals surface area contributed by atoms with E-state index in [1.807, 2.05) is 31.2 Å². The Hall–Kier alpha value is -2.88. The van der Waals surface area contributed by atoms with Crippen molar-refractivity contribution >= 4 is 32.6 Å². The smallest absolute Gasteiger partial charge is 0.266 e. The highest BCUT2D eigenvalue weighted by molar-refractivity contribution is 7.22. The molecule has 0 radical (unpaired) electrons. The van der Waals surface area contributed by atoms with E-state index in [9.17, 15) is 4.79 Å². The zero-order valence-corrected chi connectivity index (χ0v) is 20.7. The topological polar surface area (TPSA) is 73.4 Å².